The van der Waals surface area contributed by atoms with Gasteiger partial charge in [0.1, 0.15) is 5.75 Å². The molecule has 0 fully saturated rings. The molecule has 1 N–H and O–H groups in total. The number of aliphatic hydroxyl groups excluding tert-OH is 1. The summed E-state index contributed by atoms with van der Waals surface area (Å²) in [5.74, 6) is 0.741. The Hall–Kier alpha value is -1.40. The number of rotatable bonds is 13. The topological polar surface area (TPSA) is 47.9 Å². The zero-order valence-electron chi connectivity index (χ0n) is 20.9. The third-order valence-electron chi connectivity index (χ3n) is 6.49. The normalized spacial score (nSPS) is 16.3. The molecular weight excluding hydrogens is 404 g/mol. The monoisotopic (exact) mass is 448 g/mol. The van der Waals surface area contributed by atoms with E-state index in [2.05, 4.69) is 60.9 Å². The number of benzene rings is 1. The Balaban J connectivity index is 2.99. The first-order valence-corrected chi connectivity index (χ1v) is 14.2. The van der Waals surface area contributed by atoms with Gasteiger partial charge in [0.2, 0.25) is 0 Å². The fourth-order valence-electron chi connectivity index (χ4n) is 3.27. The molecule has 1 rings (SSSR count). The predicted octanol–water partition coefficient (Wildman–Crippen LogP) is 6.51. The zero-order valence-corrected chi connectivity index (χ0v) is 21.9. The molecule has 0 aliphatic rings. The third-order valence-corrected chi connectivity index (χ3v) is 11.0. The van der Waals surface area contributed by atoms with E-state index in [9.17, 15) is 5.11 Å². The van der Waals surface area contributed by atoms with Crippen molar-refractivity contribution in [3.63, 3.8) is 0 Å². The maximum absolute atomic E-state index is 10.8. The molecule has 4 atom stereocenters. The van der Waals surface area contributed by atoms with Crippen LogP contribution in [-0.4, -0.2) is 38.8 Å². The average Bonchev–Trinajstić information content (AvgIpc) is 2.71. The van der Waals surface area contributed by atoms with E-state index in [1.54, 1.807) is 13.2 Å². The fraction of sp³-hybridized carbons (Fsp3) is 0.615. The molecule has 0 aliphatic heterocycles. The minimum atomic E-state index is -1.95. The molecule has 1 aromatic carbocycles. The minimum Gasteiger partial charge on any atom is -0.497 e. The fourth-order valence-corrected chi connectivity index (χ4v) is 4.65. The van der Waals surface area contributed by atoms with Gasteiger partial charge in [0.25, 0.3) is 0 Å². The van der Waals surface area contributed by atoms with Crippen LogP contribution in [0.2, 0.25) is 18.1 Å². The maximum Gasteiger partial charge on any atom is 0.192 e. The van der Waals surface area contributed by atoms with Crippen molar-refractivity contribution < 1.29 is 19.0 Å². The van der Waals surface area contributed by atoms with Crippen molar-refractivity contribution in [1.29, 1.82) is 0 Å². The van der Waals surface area contributed by atoms with E-state index in [1.807, 2.05) is 24.3 Å². The quantitative estimate of drug-likeness (QED) is 0.276. The van der Waals surface area contributed by atoms with Crippen LogP contribution in [0.15, 0.2) is 49.1 Å². The molecule has 1 aromatic rings. The lowest BCUT2D eigenvalue weighted by atomic mass is 9.87. The second kappa shape index (κ2) is 12.0. The summed E-state index contributed by atoms with van der Waals surface area (Å²) in [5.41, 5.74) is 2.01. The van der Waals surface area contributed by atoms with Gasteiger partial charge in [-0.1, -0.05) is 59.4 Å². The molecule has 0 spiro atoms. The number of methoxy groups -OCH3 is 1. The summed E-state index contributed by atoms with van der Waals surface area (Å²) in [6.07, 6.45) is 1.92. The van der Waals surface area contributed by atoms with Crippen LogP contribution in [0.4, 0.5) is 0 Å². The first-order chi connectivity index (χ1) is 14.4. The summed E-state index contributed by atoms with van der Waals surface area (Å²) in [6, 6.07) is 7.78. The summed E-state index contributed by atoms with van der Waals surface area (Å²) in [6.45, 7) is 24.0. The van der Waals surface area contributed by atoms with E-state index >= 15 is 0 Å². The molecule has 5 heteroatoms. The van der Waals surface area contributed by atoms with Gasteiger partial charge in [-0.2, -0.15) is 0 Å². The lowest BCUT2D eigenvalue weighted by molar-refractivity contribution is -0.0671. The van der Waals surface area contributed by atoms with Crippen LogP contribution >= 0.6 is 0 Å². The molecule has 0 bridgehead atoms. The van der Waals surface area contributed by atoms with Crippen molar-refractivity contribution in [3.05, 3.63) is 54.6 Å². The van der Waals surface area contributed by atoms with Crippen molar-refractivity contribution >= 4 is 8.32 Å². The first-order valence-electron chi connectivity index (χ1n) is 11.3. The van der Waals surface area contributed by atoms with Crippen LogP contribution in [-0.2, 0) is 15.8 Å². The van der Waals surface area contributed by atoms with Crippen LogP contribution in [0.3, 0.4) is 0 Å². The molecule has 0 aromatic heterocycles. The van der Waals surface area contributed by atoms with Gasteiger partial charge < -0.3 is 19.0 Å². The van der Waals surface area contributed by atoms with Gasteiger partial charge in [-0.15, -0.1) is 6.58 Å². The van der Waals surface area contributed by atoms with Crippen molar-refractivity contribution in [2.75, 3.05) is 7.11 Å². The molecular formula is C26H44O4Si. The van der Waals surface area contributed by atoms with Gasteiger partial charge in [0, 0.05) is 5.92 Å². The Bertz CT molecular complexity index is 690. The van der Waals surface area contributed by atoms with Crippen LogP contribution in [0.1, 0.15) is 53.0 Å². The SMILES string of the molecule is C=CC[C@H](O)[C@H](OCc1ccc(OC)cc1)[C@H](C)C(=C)[C@@H](CC)O[Si](C)(C)C(C)(C)C. The van der Waals surface area contributed by atoms with Gasteiger partial charge in [0.05, 0.1) is 32.0 Å². The largest absolute Gasteiger partial charge is 0.497 e. The smallest absolute Gasteiger partial charge is 0.192 e. The van der Waals surface area contributed by atoms with E-state index < -0.39 is 20.5 Å². The van der Waals surface area contributed by atoms with Gasteiger partial charge in [-0.3, -0.25) is 0 Å². The number of ether oxygens (including phenoxy) is 2. The van der Waals surface area contributed by atoms with E-state index in [0.717, 1.165) is 23.3 Å². The number of hydrogen-bond acceptors (Lipinski definition) is 4. The lowest BCUT2D eigenvalue weighted by Gasteiger charge is -2.41. The van der Waals surface area contributed by atoms with Crippen LogP contribution in [0.25, 0.3) is 0 Å². The van der Waals surface area contributed by atoms with Gasteiger partial charge >= 0.3 is 0 Å². The Morgan fingerprint density at radius 1 is 1.19 bits per heavy atom. The standard InChI is InChI=1S/C26H44O4Si/c1-11-13-23(27)25(29-18-21-14-16-22(28-8)17-15-21)20(4)19(3)24(12-2)30-31(9,10)26(5,6)7/h11,14-17,20,23-25,27H,1,3,12-13,18H2,2,4-10H3/t20-,23+,24-,25-/m1/s1. The highest BCUT2D eigenvalue weighted by atomic mass is 28.4. The molecule has 176 valence electrons. The van der Waals surface area contributed by atoms with Crippen LogP contribution in [0, 0.1) is 5.92 Å². The summed E-state index contributed by atoms with van der Waals surface area (Å²) in [5, 5.41) is 10.9. The van der Waals surface area contributed by atoms with E-state index in [-0.39, 0.29) is 17.1 Å². The molecule has 0 saturated carbocycles. The molecule has 0 heterocycles. The Labute approximate surface area is 191 Å². The van der Waals surface area contributed by atoms with Crippen molar-refractivity contribution in [2.45, 2.75) is 90.5 Å². The Morgan fingerprint density at radius 3 is 2.23 bits per heavy atom. The van der Waals surface area contributed by atoms with E-state index in [1.165, 1.54) is 0 Å². The summed E-state index contributed by atoms with van der Waals surface area (Å²) in [4.78, 5) is 0. The molecule has 0 radical (unpaired) electrons. The van der Waals surface area contributed by atoms with Crippen molar-refractivity contribution in [1.82, 2.24) is 0 Å². The molecule has 0 aliphatic carbocycles. The summed E-state index contributed by atoms with van der Waals surface area (Å²) >= 11 is 0. The summed E-state index contributed by atoms with van der Waals surface area (Å²) in [7, 11) is -0.298. The second-order valence-electron chi connectivity index (χ2n) is 9.85. The molecule has 4 nitrogen and oxygen atoms in total. The van der Waals surface area contributed by atoms with E-state index in [0.29, 0.717) is 13.0 Å². The number of aliphatic hydroxyl groups is 1. The first kappa shape index (κ1) is 27.6. The van der Waals surface area contributed by atoms with Gasteiger partial charge in [0.15, 0.2) is 8.32 Å². The van der Waals surface area contributed by atoms with Crippen molar-refractivity contribution in [2.24, 2.45) is 5.92 Å². The van der Waals surface area contributed by atoms with Crippen LogP contribution in [0.5, 0.6) is 5.75 Å². The van der Waals surface area contributed by atoms with Crippen LogP contribution < -0.4 is 4.74 Å². The zero-order chi connectivity index (χ0) is 23.8. The second-order valence-corrected chi connectivity index (χ2v) is 14.6. The van der Waals surface area contributed by atoms with E-state index in [4.69, 9.17) is 13.9 Å². The summed E-state index contributed by atoms with van der Waals surface area (Å²) < 4.78 is 18.2. The highest BCUT2D eigenvalue weighted by Gasteiger charge is 2.40. The van der Waals surface area contributed by atoms with Crippen molar-refractivity contribution in [3.8, 4) is 5.75 Å². The third kappa shape index (κ3) is 7.90. The molecule has 31 heavy (non-hydrogen) atoms. The maximum atomic E-state index is 10.8. The highest BCUT2D eigenvalue weighted by Crippen LogP contribution is 2.39. The number of hydrogen-bond donors (Lipinski definition) is 1. The molecule has 0 unspecified atom stereocenters. The Morgan fingerprint density at radius 2 is 1.77 bits per heavy atom. The highest BCUT2D eigenvalue weighted by molar-refractivity contribution is 6.74. The predicted molar refractivity (Wildman–Crippen MR) is 133 cm³/mol. The minimum absolute atomic E-state index is 0.0566. The Kier molecular flexibility index (Phi) is 10.7. The lowest BCUT2D eigenvalue weighted by Crippen LogP contribution is -2.46. The molecule has 0 saturated heterocycles. The molecule has 0 amide bonds. The van der Waals surface area contributed by atoms with Gasteiger partial charge in [-0.05, 0) is 54.2 Å². The van der Waals surface area contributed by atoms with Gasteiger partial charge in [-0.25, -0.2) is 0 Å². The average molecular weight is 449 g/mol.